The number of nitrogens with zero attached hydrogens (tertiary/aromatic N) is 1. The van der Waals surface area contributed by atoms with Crippen molar-refractivity contribution in [3.63, 3.8) is 0 Å². The van der Waals surface area contributed by atoms with Crippen molar-refractivity contribution in [2.45, 2.75) is 134 Å². The molecule has 35 heavy (non-hydrogen) atoms. The molecule has 1 aliphatic heterocycles. The minimum Gasteiger partial charge on any atom is -0.481 e. The van der Waals surface area contributed by atoms with E-state index in [-0.39, 0.29) is 11.8 Å². The van der Waals surface area contributed by atoms with Crippen molar-refractivity contribution in [1.82, 2.24) is 15.5 Å². The third-order valence-electron chi connectivity index (χ3n) is 7.19. The van der Waals surface area contributed by atoms with Gasteiger partial charge in [0.1, 0.15) is 0 Å². The van der Waals surface area contributed by atoms with Gasteiger partial charge >= 0.3 is 5.97 Å². The van der Waals surface area contributed by atoms with E-state index in [0.717, 1.165) is 58.0 Å². The van der Waals surface area contributed by atoms with Crippen LogP contribution in [0.2, 0.25) is 0 Å². The van der Waals surface area contributed by atoms with Crippen molar-refractivity contribution in [3.05, 3.63) is 0 Å². The molecule has 0 aromatic heterocycles. The van der Waals surface area contributed by atoms with Gasteiger partial charge in [-0.1, -0.05) is 77.0 Å². The monoisotopic (exact) mass is 495 g/mol. The summed E-state index contributed by atoms with van der Waals surface area (Å²) >= 11 is 0. The van der Waals surface area contributed by atoms with Crippen molar-refractivity contribution in [1.29, 1.82) is 0 Å². The largest absolute Gasteiger partial charge is 0.481 e. The maximum Gasteiger partial charge on any atom is 0.303 e. The average Bonchev–Trinajstić information content (AvgIpc) is 2.86. The van der Waals surface area contributed by atoms with Gasteiger partial charge in [0.05, 0.1) is 0 Å². The summed E-state index contributed by atoms with van der Waals surface area (Å²) in [6.45, 7) is 2.29. The number of likely N-dealkylation sites (tertiary alicyclic amines) is 1. The second kappa shape index (κ2) is 21.6. The smallest absolute Gasteiger partial charge is 0.303 e. The number of carboxylic acids is 1. The average molecular weight is 496 g/mol. The second-order valence-corrected chi connectivity index (χ2v) is 10.2. The Labute approximate surface area is 214 Å². The summed E-state index contributed by atoms with van der Waals surface area (Å²) in [5.41, 5.74) is 0. The topological polar surface area (TPSA) is 98.7 Å². The lowest BCUT2D eigenvalue weighted by molar-refractivity contribution is -0.137. The molecule has 204 valence electrons. The van der Waals surface area contributed by atoms with Crippen LogP contribution in [0.4, 0.5) is 0 Å². The molecule has 0 radical (unpaired) electrons. The van der Waals surface area contributed by atoms with Crippen LogP contribution in [0.25, 0.3) is 0 Å². The molecule has 1 aliphatic rings. The fraction of sp³-hybridized carbons (Fsp3) is 0.893. The van der Waals surface area contributed by atoms with Crippen LogP contribution in [0, 0.1) is 0 Å². The molecule has 0 aromatic rings. The van der Waals surface area contributed by atoms with E-state index in [1.54, 1.807) is 0 Å². The molecule has 0 spiro atoms. The molecule has 1 heterocycles. The zero-order valence-corrected chi connectivity index (χ0v) is 22.5. The van der Waals surface area contributed by atoms with Crippen LogP contribution in [-0.2, 0) is 14.4 Å². The first-order valence-corrected chi connectivity index (χ1v) is 14.5. The van der Waals surface area contributed by atoms with Crippen molar-refractivity contribution >= 4 is 17.8 Å². The molecule has 3 N–H and O–H groups in total. The first-order valence-electron chi connectivity index (χ1n) is 14.5. The third kappa shape index (κ3) is 18.3. The molecule has 0 unspecified atom stereocenters. The summed E-state index contributed by atoms with van der Waals surface area (Å²) in [6.07, 6.45) is 20.9. The molecular weight excluding hydrogens is 442 g/mol. The van der Waals surface area contributed by atoms with E-state index in [4.69, 9.17) is 5.11 Å². The van der Waals surface area contributed by atoms with Crippen molar-refractivity contribution < 1.29 is 19.5 Å². The zero-order chi connectivity index (χ0) is 25.6. The highest BCUT2D eigenvalue weighted by molar-refractivity contribution is 5.77. The highest BCUT2D eigenvalue weighted by Gasteiger charge is 2.21. The fourth-order valence-electron chi connectivity index (χ4n) is 4.81. The number of piperidine rings is 1. The maximum atomic E-state index is 12.3. The van der Waals surface area contributed by atoms with E-state index in [2.05, 4.69) is 10.6 Å². The number of hydrogen-bond donors (Lipinski definition) is 3. The number of nitrogens with one attached hydrogen (secondary N) is 2. The molecular formula is C28H53N3O4. The lowest BCUT2D eigenvalue weighted by Crippen LogP contribution is -2.44. The van der Waals surface area contributed by atoms with Crippen molar-refractivity contribution in [3.8, 4) is 0 Å². The molecule has 0 aromatic carbocycles. The van der Waals surface area contributed by atoms with Gasteiger partial charge in [-0.3, -0.25) is 14.4 Å². The quantitative estimate of drug-likeness (QED) is 0.174. The molecule has 0 atom stereocenters. The first-order chi connectivity index (χ1) is 17.0. The third-order valence-corrected chi connectivity index (χ3v) is 7.19. The van der Waals surface area contributed by atoms with Crippen LogP contribution >= 0.6 is 0 Å². The minimum absolute atomic E-state index is 0.120. The van der Waals surface area contributed by atoms with Crippen LogP contribution < -0.4 is 10.6 Å². The predicted molar refractivity (Wildman–Crippen MR) is 142 cm³/mol. The van der Waals surface area contributed by atoms with Crippen LogP contribution in [0.15, 0.2) is 0 Å². The molecule has 2 amide bonds. The lowest BCUT2D eigenvalue weighted by atomic mass is 10.0. The summed E-state index contributed by atoms with van der Waals surface area (Å²) in [5, 5.41) is 14.9. The highest BCUT2D eigenvalue weighted by atomic mass is 16.4. The summed E-state index contributed by atoms with van der Waals surface area (Å²) < 4.78 is 0. The molecule has 0 bridgehead atoms. The Balaban J connectivity index is 1.79. The van der Waals surface area contributed by atoms with Crippen LogP contribution in [-0.4, -0.2) is 60.5 Å². The molecule has 1 fully saturated rings. The number of hydrogen-bond acceptors (Lipinski definition) is 4. The van der Waals surface area contributed by atoms with E-state index in [1.165, 1.54) is 64.2 Å². The molecule has 1 saturated heterocycles. The van der Waals surface area contributed by atoms with Crippen LogP contribution in [0.1, 0.15) is 128 Å². The maximum absolute atomic E-state index is 12.3. The van der Waals surface area contributed by atoms with Gasteiger partial charge in [-0.25, -0.2) is 0 Å². The van der Waals surface area contributed by atoms with Crippen LogP contribution in [0.3, 0.4) is 0 Å². The van der Waals surface area contributed by atoms with E-state index < -0.39 is 5.97 Å². The molecule has 7 heteroatoms. The zero-order valence-electron chi connectivity index (χ0n) is 22.5. The van der Waals surface area contributed by atoms with Crippen molar-refractivity contribution in [2.24, 2.45) is 0 Å². The molecule has 0 aliphatic carbocycles. The summed E-state index contributed by atoms with van der Waals surface area (Å²) in [7, 11) is 1.98. The van der Waals surface area contributed by atoms with Crippen LogP contribution in [0.5, 0.6) is 0 Å². The second-order valence-electron chi connectivity index (χ2n) is 10.2. The van der Waals surface area contributed by atoms with E-state index in [1.807, 2.05) is 11.9 Å². The summed E-state index contributed by atoms with van der Waals surface area (Å²) in [6, 6.07) is 0.536. The number of carbonyl (C=O) groups is 3. The SMILES string of the molecule is CNC1CCN(C(=O)CCCNC(=O)CCCCCCCCCCCCCCCCC(=O)O)CC1. The van der Waals surface area contributed by atoms with Gasteiger partial charge in [0.2, 0.25) is 11.8 Å². The predicted octanol–water partition coefficient (Wildman–Crippen LogP) is 5.42. The fourth-order valence-corrected chi connectivity index (χ4v) is 4.81. The number of unbranched alkanes of at least 4 members (excludes halogenated alkanes) is 13. The Morgan fingerprint density at radius 3 is 1.60 bits per heavy atom. The van der Waals surface area contributed by atoms with Gasteiger partial charge in [0, 0.05) is 44.9 Å². The van der Waals surface area contributed by atoms with E-state index in [0.29, 0.717) is 31.8 Å². The van der Waals surface area contributed by atoms with Gasteiger partial charge in [-0.2, -0.15) is 0 Å². The Hall–Kier alpha value is -1.63. The van der Waals surface area contributed by atoms with Gasteiger partial charge < -0.3 is 20.6 Å². The number of rotatable bonds is 22. The van der Waals surface area contributed by atoms with Gasteiger partial charge in [0.15, 0.2) is 0 Å². The first kappa shape index (κ1) is 31.4. The number of amides is 2. The lowest BCUT2D eigenvalue weighted by Gasteiger charge is -2.31. The Kier molecular flexibility index (Phi) is 19.4. The van der Waals surface area contributed by atoms with E-state index >= 15 is 0 Å². The van der Waals surface area contributed by atoms with Gasteiger partial charge in [-0.15, -0.1) is 0 Å². The Morgan fingerprint density at radius 1 is 0.686 bits per heavy atom. The minimum atomic E-state index is -0.678. The Bertz CT molecular complexity index is 562. The van der Waals surface area contributed by atoms with Gasteiger partial charge in [0.25, 0.3) is 0 Å². The molecule has 7 nitrogen and oxygen atoms in total. The summed E-state index contributed by atoms with van der Waals surface area (Å²) in [5.74, 6) is -0.337. The Morgan fingerprint density at radius 2 is 1.14 bits per heavy atom. The number of carbonyl (C=O) groups excluding carboxylic acids is 2. The molecule has 1 rings (SSSR count). The standard InChI is InChI=1S/C28H53N3O4/c1-29-25-20-23-31(24-21-25)27(33)18-16-22-30-26(32)17-14-12-10-8-6-4-2-3-5-7-9-11-13-15-19-28(34)35/h25,29H,2-24H2,1H3,(H,30,32)(H,34,35). The highest BCUT2D eigenvalue weighted by Crippen LogP contribution is 2.14. The number of aliphatic carboxylic acids is 1. The van der Waals surface area contributed by atoms with E-state index in [9.17, 15) is 14.4 Å². The van der Waals surface area contributed by atoms with Gasteiger partial charge in [-0.05, 0) is 39.2 Å². The van der Waals surface area contributed by atoms with Crippen molar-refractivity contribution in [2.75, 3.05) is 26.7 Å². The summed E-state index contributed by atoms with van der Waals surface area (Å²) in [4.78, 5) is 36.7. The number of carboxylic acid groups (broad SMARTS) is 1. The normalized spacial score (nSPS) is 14.3. The molecule has 0 saturated carbocycles.